The summed E-state index contributed by atoms with van der Waals surface area (Å²) in [6, 6.07) is 20.1. The summed E-state index contributed by atoms with van der Waals surface area (Å²) in [5, 5.41) is 6.31. The zero-order valence-electron chi connectivity index (χ0n) is 12.6. The van der Waals surface area contributed by atoms with Crippen LogP contribution in [0.2, 0.25) is 0 Å². The maximum absolute atomic E-state index is 3.69. The predicted molar refractivity (Wildman–Crippen MR) is 93.1 cm³/mol. The monoisotopic (exact) mass is 295 g/mol. The standard InChI is InChI=1S/C19H21NS/c1-3-12-20-19(18-11-8-14(2)21-18)17-10-9-15-6-4-5-7-16(15)13-17/h4-11,13,19-20H,3,12H2,1-2H3. The third-order valence-corrected chi connectivity index (χ3v) is 4.82. The number of nitrogens with one attached hydrogen (secondary N) is 1. The van der Waals surface area contributed by atoms with Crippen LogP contribution in [0.4, 0.5) is 0 Å². The van der Waals surface area contributed by atoms with E-state index in [1.54, 1.807) is 0 Å². The lowest BCUT2D eigenvalue weighted by Crippen LogP contribution is -2.22. The number of hydrogen-bond donors (Lipinski definition) is 1. The number of aryl methyl sites for hydroxylation is 1. The van der Waals surface area contributed by atoms with Crippen LogP contribution in [0.3, 0.4) is 0 Å². The van der Waals surface area contributed by atoms with Crippen LogP contribution in [-0.4, -0.2) is 6.54 Å². The molecule has 0 spiro atoms. The summed E-state index contributed by atoms with van der Waals surface area (Å²) >= 11 is 1.88. The Morgan fingerprint density at radius 1 is 1.00 bits per heavy atom. The van der Waals surface area contributed by atoms with Crippen molar-refractivity contribution >= 4 is 22.1 Å². The van der Waals surface area contributed by atoms with Gasteiger partial charge in [0.1, 0.15) is 0 Å². The Balaban J connectivity index is 2.00. The third kappa shape index (κ3) is 3.17. The Bertz CT molecular complexity index is 729. The van der Waals surface area contributed by atoms with Crippen LogP contribution >= 0.6 is 11.3 Å². The van der Waals surface area contributed by atoms with Crippen LogP contribution < -0.4 is 5.32 Å². The van der Waals surface area contributed by atoms with E-state index in [4.69, 9.17) is 0 Å². The molecule has 0 amide bonds. The summed E-state index contributed by atoms with van der Waals surface area (Å²) in [6.07, 6.45) is 1.15. The van der Waals surface area contributed by atoms with Gasteiger partial charge in [0.05, 0.1) is 6.04 Å². The molecule has 2 aromatic carbocycles. The summed E-state index contributed by atoms with van der Waals surface area (Å²) in [7, 11) is 0. The quantitative estimate of drug-likeness (QED) is 0.673. The summed E-state index contributed by atoms with van der Waals surface area (Å²) < 4.78 is 0. The van der Waals surface area contributed by atoms with E-state index < -0.39 is 0 Å². The van der Waals surface area contributed by atoms with E-state index in [0.717, 1.165) is 13.0 Å². The first-order chi connectivity index (χ1) is 10.3. The molecule has 0 radical (unpaired) electrons. The predicted octanol–water partition coefficient (Wildman–Crippen LogP) is 5.30. The molecular formula is C19H21NS. The molecule has 0 saturated heterocycles. The lowest BCUT2D eigenvalue weighted by molar-refractivity contribution is 0.606. The van der Waals surface area contributed by atoms with Crippen LogP contribution in [0.5, 0.6) is 0 Å². The Morgan fingerprint density at radius 3 is 2.52 bits per heavy atom. The van der Waals surface area contributed by atoms with Crippen LogP contribution in [0.15, 0.2) is 54.6 Å². The minimum absolute atomic E-state index is 0.299. The minimum atomic E-state index is 0.299. The van der Waals surface area contributed by atoms with Crippen molar-refractivity contribution in [2.24, 2.45) is 0 Å². The number of hydrogen-bond acceptors (Lipinski definition) is 2. The molecule has 0 aliphatic rings. The molecule has 1 nitrogen and oxygen atoms in total. The van der Waals surface area contributed by atoms with E-state index in [2.05, 4.69) is 73.8 Å². The molecule has 1 heterocycles. The maximum atomic E-state index is 3.69. The van der Waals surface area contributed by atoms with E-state index >= 15 is 0 Å². The van der Waals surface area contributed by atoms with Crippen molar-refractivity contribution in [2.45, 2.75) is 26.3 Å². The number of benzene rings is 2. The van der Waals surface area contributed by atoms with Crippen molar-refractivity contribution in [3.8, 4) is 0 Å². The van der Waals surface area contributed by atoms with E-state index in [1.807, 2.05) is 11.3 Å². The zero-order valence-corrected chi connectivity index (χ0v) is 13.4. The van der Waals surface area contributed by atoms with Gasteiger partial charge in [0.15, 0.2) is 0 Å². The smallest absolute Gasteiger partial charge is 0.0671 e. The van der Waals surface area contributed by atoms with Gasteiger partial charge in [0.2, 0.25) is 0 Å². The highest BCUT2D eigenvalue weighted by atomic mass is 32.1. The Morgan fingerprint density at radius 2 is 1.81 bits per heavy atom. The van der Waals surface area contributed by atoms with Crippen LogP contribution in [-0.2, 0) is 0 Å². The van der Waals surface area contributed by atoms with E-state index in [9.17, 15) is 0 Å². The first kappa shape index (κ1) is 14.3. The summed E-state index contributed by atoms with van der Waals surface area (Å²) in [5.41, 5.74) is 1.35. The van der Waals surface area contributed by atoms with Crippen molar-refractivity contribution in [2.75, 3.05) is 6.54 Å². The first-order valence-electron chi connectivity index (χ1n) is 7.56. The molecule has 2 heteroatoms. The van der Waals surface area contributed by atoms with Gasteiger partial charge >= 0.3 is 0 Å². The average Bonchev–Trinajstić information content (AvgIpc) is 2.94. The maximum Gasteiger partial charge on any atom is 0.0671 e. The van der Waals surface area contributed by atoms with E-state index in [1.165, 1.54) is 26.1 Å². The second-order valence-electron chi connectivity index (χ2n) is 5.44. The number of rotatable bonds is 5. The molecule has 1 atom stereocenters. The van der Waals surface area contributed by atoms with Crippen LogP contribution in [0.25, 0.3) is 10.8 Å². The van der Waals surface area contributed by atoms with Crippen LogP contribution in [0, 0.1) is 6.92 Å². The molecule has 108 valence electrons. The van der Waals surface area contributed by atoms with Crippen molar-refractivity contribution in [3.63, 3.8) is 0 Å². The molecule has 0 aliphatic heterocycles. The van der Waals surface area contributed by atoms with Gasteiger partial charge in [0, 0.05) is 9.75 Å². The van der Waals surface area contributed by atoms with Gasteiger partial charge in [-0.3, -0.25) is 0 Å². The molecule has 21 heavy (non-hydrogen) atoms. The second-order valence-corrected chi connectivity index (χ2v) is 6.76. The summed E-state index contributed by atoms with van der Waals surface area (Å²) in [4.78, 5) is 2.77. The molecule has 0 bridgehead atoms. The van der Waals surface area contributed by atoms with Crippen LogP contribution in [0.1, 0.15) is 34.7 Å². The molecule has 1 unspecified atom stereocenters. The average molecular weight is 295 g/mol. The topological polar surface area (TPSA) is 12.0 Å². The third-order valence-electron chi connectivity index (χ3n) is 3.75. The van der Waals surface area contributed by atoms with Crippen molar-refractivity contribution in [1.29, 1.82) is 0 Å². The highest BCUT2D eigenvalue weighted by molar-refractivity contribution is 7.12. The van der Waals surface area contributed by atoms with Gasteiger partial charge in [-0.25, -0.2) is 0 Å². The SMILES string of the molecule is CCCNC(c1ccc2ccccc2c1)c1ccc(C)s1. The molecule has 0 fully saturated rings. The van der Waals surface area contributed by atoms with Gasteiger partial charge < -0.3 is 5.32 Å². The fraction of sp³-hybridized carbons (Fsp3) is 0.263. The normalized spacial score (nSPS) is 12.7. The van der Waals surface area contributed by atoms with E-state index in [-0.39, 0.29) is 0 Å². The fourth-order valence-corrected chi connectivity index (χ4v) is 3.65. The first-order valence-corrected chi connectivity index (χ1v) is 8.38. The van der Waals surface area contributed by atoms with E-state index in [0.29, 0.717) is 6.04 Å². The Labute approximate surface area is 130 Å². The number of fused-ring (bicyclic) bond motifs is 1. The summed E-state index contributed by atoms with van der Waals surface area (Å²) in [6.45, 7) is 5.42. The fourth-order valence-electron chi connectivity index (χ4n) is 2.67. The van der Waals surface area contributed by atoms with Gasteiger partial charge in [-0.1, -0.05) is 43.3 Å². The van der Waals surface area contributed by atoms with Gasteiger partial charge in [-0.2, -0.15) is 0 Å². The minimum Gasteiger partial charge on any atom is -0.306 e. The highest BCUT2D eigenvalue weighted by Crippen LogP contribution is 2.30. The van der Waals surface area contributed by atoms with Gasteiger partial charge in [-0.05, 0) is 54.4 Å². The molecule has 3 aromatic rings. The van der Waals surface area contributed by atoms with Gasteiger partial charge in [0.25, 0.3) is 0 Å². The second kappa shape index (κ2) is 6.42. The molecular weight excluding hydrogens is 274 g/mol. The largest absolute Gasteiger partial charge is 0.306 e. The lowest BCUT2D eigenvalue weighted by Gasteiger charge is -2.18. The summed E-state index contributed by atoms with van der Waals surface area (Å²) in [5.74, 6) is 0. The lowest BCUT2D eigenvalue weighted by atomic mass is 10.0. The Kier molecular flexibility index (Phi) is 4.37. The van der Waals surface area contributed by atoms with Gasteiger partial charge in [-0.15, -0.1) is 11.3 Å². The zero-order chi connectivity index (χ0) is 14.7. The van der Waals surface area contributed by atoms with Crippen molar-refractivity contribution in [1.82, 2.24) is 5.32 Å². The van der Waals surface area contributed by atoms with Crippen molar-refractivity contribution < 1.29 is 0 Å². The highest BCUT2D eigenvalue weighted by Gasteiger charge is 2.15. The molecule has 1 N–H and O–H groups in total. The molecule has 0 aliphatic carbocycles. The molecule has 0 saturated carbocycles. The van der Waals surface area contributed by atoms with Crippen molar-refractivity contribution in [3.05, 3.63) is 69.9 Å². The number of thiophene rings is 1. The Hall–Kier alpha value is -1.64. The molecule has 3 rings (SSSR count). The molecule has 1 aromatic heterocycles.